The smallest absolute Gasteiger partial charge is 0.242 e. The molecule has 29 heavy (non-hydrogen) atoms. The molecule has 0 saturated carbocycles. The molecular formula is C21H18N6OS. The van der Waals surface area contributed by atoms with Crippen molar-refractivity contribution in [2.24, 2.45) is 0 Å². The Kier molecular flexibility index (Phi) is 4.40. The number of H-pyrrole nitrogens is 1. The molecular weight excluding hydrogens is 384 g/mol. The number of thioether (sulfide) groups is 1. The number of nitrogens with one attached hydrogen (secondary N) is 1. The van der Waals surface area contributed by atoms with Crippen molar-refractivity contribution in [1.29, 1.82) is 0 Å². The van der Waals surface area contributed by atoms with E-state index in [0.717, 1.165) is 24.2 Å². The molecule has 0 aliphatic carbocycles. The Hall–Kier alpha value is -3.39. The molecule has 7 nitrogen and oxygen atoms in total. The van der Waals surface area contributed by atoms with Gasteiger partial charge in [0.1, 0.15) is 11.8 Å². The normalized spacial score (nSPS) is 13.0. The number of nitrogens with two attached hydrogens (primary N) is 1. The fourth-order valence-corrected chi connectivity index (χ4v) is 4.35. The van der Waals surface area contributed by atoms with Crippen LogP contribution in [0.2, 0.25) is 0 Å². The topological polar surface area (TPSA) is 101 Å². The van der Waals surface area contributed by atoms with Crippen molar-refractivity contribution in [1.82, 2.24) is 19.9 Å². The first-order chi connectivity index (χ1) is 14.2. The van der Waals surface area contributed by atoms with Gasteiger partial charge in [0.25, 0.3) is 0 Å². The summed E-state index contributed by atoms with van der Waals surface area (Å²) in [5, 5.41) is 0.594. The number of nitrogen functional groups attached to an aromatic ring is 1. The van der Waals surface area contributed by atoms with Crippen LogP contribution >= 0.6 is 11.8 Å². The summed E-state index contributed by atoms with van der Waals surface area (Å²) < 4.78 is 0. The lowest BCUT2D eigenvalue weighted by atomic mass is 10.0. The van der Waals surface area contributed by atoms with Gasteiger partial charge in [-0.1, -0.05) is 48.2 Å². The van der Waals surface area contributed by atoms with Gasteiger partial charge in [0.05, 0.1) is 17.1 Å². The molecule has 1 aliphatic rings. The molecule has 0 atom stereocenters. The zero-order chi connectivity index (χ0) is 19.8. The molecule has 0 fully saturated rings. The Morgan fingerprint density at radius 2 is 1.69 bits per heavy atom. The number of rotatable bonds is 3. The number of nitrogens with zero attached hydrogens (tertiary/aromatic N) is 4. The molecule has 3 heterocycles. The monoisotopic (exact) mass is 402 g/mol. The van der Waals surface area contributed by atoms with Crippen molar-refractivity contribution in [2.45, 2.75) is 18.0 Å². The number of carbonyl (C=O) groups is 1. The number of benzene rings is 2. The molecule has 5 rings (SSSR count). The van der Waals surface area contributed by atoms with Crippen LogP contribution in [0.25, 0.3) is 11.2 Å². The van der Waals surface area contributed by atoms with Gasteiger partial charge >= 0.3 is 0 Å². The zero-order valence-electron chi connectivity index (χ0n) is 15.5. The first kappa shape index (κ1) is 17.7. The molecule has 2 aromatic carbocycles. The molecule has 8 heteroatoms. The largest absolute Gasteiger partial charge is 0.382 e. The van der Waals surface area contributed by atoms with Crippen LogP contribution in [0.4, 0.5) is 17.2 Å². The van der Waals surface area contributed by atoms with E-state index in [0.29, 0.717) is 22.1 Å². The van der Waals surface area contributed by atoms with E-state index in [-0.39, 0.29) is 11.7 Å². The Bertz CT molecular complexity index is 1170. The van der Waals surface area contributed by atoms with Crippen molar-refractivity contribution in [2.75, 3.05) is 16.4 Å². The molecule has 0 bridgehead atoms. The van der Waals surface area contributed by atoms with Crippen molar-refractivity contribution in [3.63, 3.8) is 0 Å². The van der Waals surface area contributed by atoms with Crippen LogP contribution in [-0.4, -0.2) is 31.6 Å². The van der Waals surface area contributed by atoms with Gasteiger partial charge in [-0.2, -0.15) is 0 Å². The van der Waals surface area contributed by atoms with Crippen LogP contribution in [0.15, 0.2) is 60.0 Å². The van der Waals surface area contributed by atoms with Gasteiger partial charge in [-0.25, -0.2) is 15.0 Å². The van der Waals surface area contributed by atoms with Crippen molar-refractivity contribution in [3.05, 3.63) is 66.0 Å². The van der Waals surface area contributed by atoms with Gasteiger partial charge in [-0.3, -0.25) is 9.69 Å². The molecule has 0 spiro atoms. The van der Waals surface area contributed by atoms with Gasteiger partial charge in [-0.15, -0.1) is 0 Å². The number of para-hydroxylation sites is 2. The number of fused-ring (bicyclic) bond motifs is 3. The highest BCUT2D eigenvalue weighted by molar-refractivity contribution is 7.99. The summed E-state index contributed by atoms with van der Waals surface area (Å²) in [7, 11) is 0. The summed E-state index contributed by atoms with van der Waals surface area (Å²) in [6, 6.07) is 16.2. The predicted molar refractivity (Wildman–Crippen MR) is 114 cm³/mol. The molecule has 1 aliphatic heterocycles. The minimum Gasteiger partial charge on any atom is -0.382 e. The maximum atomic E-state index is 13.3. The van der Waals surface area contributed by atoms with Gasteiger partial charge in [-0.05, 0) is 36.1 Å². The van der Waals surface area contributed by atoms with Crippen molar-refractivity contribution >= 4 is 46.0 Å². The van der Waals surface area contributed by atoms with Crippen molar-refractivity contribution < 1.29 is 4.79 Å². The first-order valence-electron chi connectivity index (χ1n) is 9.28. The molecule has 144 valence electrons. The standard InChI is InChI=1S/C21H18N6OS/c22-19-18-20(24-12-23-19)26-21(25-18)29-11-17(28)27-15-7-3-1-5-13(15)9-10-14-6-2-4-8-16(14)27/h1-8,12H,9-11H2,(H3,22,23,24,25,26). The van der Waals surface area contributed by atoms with Crippen LogP contribution < -0.4 is 10.6 Å². The molecule has 0 unspecified atom stereocenters. The average molecular weight is 402 g/mol. The molecule has 0 saturated heterocycles. The second-order valence-corrected chi connectivity index (χ2v) is 7.74. The quantitative estimate of drug-likeness (QED) is 0.509. The molecule has 1 amide bonds. The van der Waals surface area contributed by atoms with Crippen molar-refractivity contribution in [3.8, 4) is 0 Å². The van der Waals surface area contributed by atoms with Crippen LogP contribution in [0.5, 0.6) is 0 Å². The number of carbonyl (C=O) groups excluding carboxylic acids is 1. The number of imidazole rings is 1. The van der Waals surface area contributed by atoms with E-state index in [1.807, 2.05) is 41.3 Å². The van der Waals surface area contributed by atoms with Crippen LogP contribution in [0.1, 0.15) is 11.1 Å². The summed E-state index contributed by atoms with van der Waals surface area (Å²) in [5.74, 6) is 0.572. The fraction of sp³-hybridized carbons (Fsp3) is 0.143. The van der Waals surface area contributed by atoms with Crippen LogP contribution in [-0.2, 0) is 17.6 Å². The summed E-state index contributed by atoms with van der Waals surface area (Å²) in [4.78, 5) is 30.8. The number of aromatic nitrogens is 4. The van der Waals surface area contributed by atoms with E-state index in [9.17, 15) is 4.79 Å². The minimum absolute atomic E-state index is 0.00341. The van der Waals surface area contributed by atoms with Crippen LogP contribution in [0, 0.1) is 0 Å². The lowest BCUT2D eigenvalue weighted by molar-refractivity contribution is -0.115. The average Bonchev–Trinajstić information content (AvgIpc) is 3.09. The van der Waals surface area contributed by atoms with E-state index in [2.05, 4.69) is 32.1 Å². The number of anilines is 3. The van der Waals surface area contributed by atoms with Crippen LogP contribution in [0.3, 0.4) is 0 Å². The third kappa shape index (κ3) is 3.21. The Morgan fingerprint density at radius 1 is 1.03 bits per heavy atom. The summed E-state index contributed by atoms with van der Waals surface area (Å²) in [5.41, 5.74) is 11.2. The third-order valence-electron chi connectivity index (χ3n) is 5.01. The lowest BCUT2D eigenvalue weighted by Crippen LogP contribution is -2.28. The van der Waals surface area contributed by atoms with E-state index < -0.39 is 0 Å². The highest BCUT2D eigenvalue weighted by Gasteiger charge is 2.25. The second-order valence-electron chi connectivity index (χ2n) is 6.77. The van der Waals surface area contributed by atoms with E-state index >= 15 is 0 Å². The highest BCUT2D eigenvalue weighted by atomic mass is 32.2. The number of amides is 1. The maximum Gasteiger partial charge on any atom is 0.242 e. The highest BCUT2D eigenvalue weighted by Crippen LogP contribution is 2.36. The van der Waals surface area contributed by atoms with E-state index in [1.54, 1.807) is 0 Å². The maximum absolute atomic E-state index is 13.3. The van der Waals surface area contributed by atoms with Gasteiger partial charge in [0.2, 0.25) is 5.91 Å². The minimum atomic E-state index is -0.00341. The zero-order valence-corrected chi connectivity index (χ0v) is 16.3. The molecule has 4 aromatic rings. The molecule has 2 aromatic heterocycles. The van der Waals surface area contributed by atoms with Gasteiger partial charge in [0, 0.05) is 0 Å². The Morgan fingerprint density at radius 3 is 2.34 bits per heavy atom. The van der Waals surface area contributed by atoms with E-state index in [4.69, 9.17) is 5.73 Å². The van der Waals surface area contributed by atoms with Gasteiger partial charge < -0.3 is 10.7 Å². The number of aryl methyl sites for hydroxylation is 2. The third-order valence-corrected chi connectivity index (χ3v) is 5.86. The first-order valence-corrected chi connectivity index (χ1v) is 10.3. The fourth-order valence-electron chi connectivity index (χ4n) is 3.64. The van der Waals surface area contributed by atoms with Gasteiger partial charge in [0.15, 0.2) is 16.6 Å². The number of hydrogen-bond donors (Lipinski definition) is 2. The molecule has 0 radical (unpaired) electrons. The predicted octanol–water partition coefficient (Wildman–Crippen LogP) is 3.49. The SMILES string of the molecule is Nc1ncnc2nc(SCC(=O)N3c4ccccc4CCc4ccccc43)[nH]c12. The summed E-state index contributed by atoms with van der Waals surface area (Å²) >= 11 is 1.33. The summed E-state index contributed by atoms with van der Waals surface area (Å²) in [6.45, 7) is 0. The summed E-state index contributed by atoms with van der Waals surface area (Å²) in [6.07, 6.45) is 3.19. The Balaban J connectivity index is 1.46. The van der Waals surface area contributed by atoms with E-state index in [1.165, 1.54) is 29.2 Å². The second kappa shape index (κ2) is 7.21. The number of aromatic amines is 1. The number of hydrogen-bond acceptors (Lipinski definition) is 6. The lowest BCUT2D eigenvalue weighted by Gasteiger charge is -2.24. The Labute approximate surface area is 171 Å². The molecule has 3 N–H and O–H groups in total.